The smallest absolute Gasteiger partial charge is 0.306 e. The number of carbonyl (C=O) groups excluding carboxylic acids is 2. The normalized spacial score (nSPS) is 18.1. The second-order valence-electron chi connectivity index (χ2n) is 8.64. The lowest BCUT2D eigenvalue weighted by Gasteiger charge is -2.36. The maximum absolute atomic E-state index is 14.0. The van der Waals surface area contributed by atoms with Crippen molar-refractivity contribution in [3.05, 3.63) is 83.6 Å². The zero-order valence-corrected chi connectivity index (χ0v) is 18.3. The zero-order valence-electron chi connectivity index (χ0n) is 18.3. The van der Waals surface area contributed by atoms with E-state index >= 15 is 0 Å². The minimum absolute atomic E-state index is 0.0489. The molecule has 1 heterocycles. The molecule has 2 aromatic carbocycles. The summed E-state index contributed by atoms with van der Waals surface area (Å²) < 4.78 is 7.50. The van der Waals surface area contributed by atoms with Gasteiger partial charge in [-0.1, -0.05) is 54.1 Å². The molecule has 4 heteroatoms. The molecule has 0 radical (unpaired) electrons. The summed E-state index contributed by atoms with van der Waals surface area (Å²) in [6.07, 6.45) is 1.97. The largest absolute Gasteiger partial charge is 0.466 e. The summed E-state index contributed by atoms with van der Waals surface area (Å²) in [5.41, 5.74) is 4.22. The SMILES string of the molecule is C=C(C)CC1(CC(=O)OCC)CCc2c(c3ccccc3n2Cc2ccccc2)C1=O. The van der Waals surface area contributed by atoms with Crippen molar-refractivity contribution < 1.29 is 14.3 Å². The molecular formula is C27H29NO3. The maximum Gasteiger partial charge on any atom is 0.306 e. The fourth-order valence-corrected chi connectivity index (χ4v) is 5.02. The summed E-state index contributed by atoms with van der Waals surface area (Å²) in [7, 11) is 0. The number of esters is 1. The molecule has 0 saturated carbocycles. The molecule has 1 aliphatic carbocycles. The molecule has 3 aromatic rings. The lowest BCUT2D eigenvalue weighted by molar-refractivity contribution is -0.145. The van der Waals surface area contributed by atoms with Gasteiger partial charge in [0.15, 0.2) is 5.78 Å². The van der Waals surface area contributed by atoms with Crippen molar-refractivity contribution in [1.29, 1.82) is 0 Å². The number of hydrogen-bond acceptors (Lipinski definition) is 3. The van der Waals surface area contributed by atoms with E-state index in [-0.39, 0.29) is 18.2 Å². The standard InChI is InChI=1S/C27H29NO3/c1-4-31-24(29)17-27(16-19(2)3)15-14-23-25(26(27)30)21-12-8-9-13-22(21)28(23)18-20-10-6-5-7-11-20/h5-13H,2,4,14-18H2,1,3H3. The third-order valence-electron chi connectivity index (χ3n) is 6.24. The Morgan fingerprint density at radius 1 is 1.10 bits per heavy atom. The number of hydrogen-bond donors (Lipinski definition) is 0. The Labute approximate surface area is 183 Å². The molecule has 31 heavy (non-hydrogen) atoms. The predicted octanol–water partition coefficient (Wildman–Crippen LogP) is 5.72. The number of aromatic nitrogens is 1. The van der Waals surface area contributed by atoms with Gasteiger partial charge in [-0.25, -0.2) is 0 Å². The van der Waals surface area contributed by atoms with Gasteiger partial charge in [0.25, 0.3) is 0 Å². The van der Waals surface area contributed by atoms with Gasteiger partial charge >= 0.3 is 5.97 Å². The van der Waals surface area contributed by atoms with Crippen molar-refractivity contribution in [3.8, 4) is 0 Å². The summed E-state index contributed by atoms with van der Waals surface area (Å²) >= 11 is 0. The zero-order chi connectivity index (χ0) is 22.0. The van der Waals surface area contributed by atoms with Gasteiger partial charge in [0.2, 0.25) is 0 Å². The summed E-state index contributed by atoms with van der Waals surface area (Å²) in [5, 5.41) is 0.966. The number of rotatable bonds is 7. The average Bonchev–Trinajstić information content (AvgIpc) is 3.05. The first-order valence-electron chi connectivity index (χ1n) is 10.9. The number of allylic oxidation sites excluding steroid dienone is 1. The highest BCUT2D eigenvalue weighted by atomic mass is 16.5. The number of fused-ring (bicyclic) bond motifs is 3. The Hall–Kier alpha value is -3.14. The van der Waals surface area contributed by atoms with Crippen LogP contribution in [0.1, 0.15) is 54.7 Å². The van der Waals surface area contributed by atoms with Crippen molar-refractivity contribution >= 4 is 22.7 Å². The Morgan fingerprint density at radius 3 is 2.52 bits per heavy atom. The highest BCUT2D eigenvalue weighted by Gasteiger charge is 2.46. The molecule has 1 atom stereocenters. The Morgan fingerprint density at radius 2 is 1.81 bits per heavy atom. The number of ketones is 1. The number of carbonyl (C=O) groups is 2. The average molecular weight is 416 g/mol. The van der Waals surface area contributed by atoms with E-state index in [9.17, 15) is 9.59 Å². The van der Waals surface area contributed by atoms with Crippen molar-refractivity contribution in [1.82, 2.24) is 4.57 Å². The number of nitrogens with zero attached hydrogens (tertiary/aromatic N) is 1. The second-order valence-corrected chi connectivity index (χ2v) is 8.64. The number of para-hydroxylation sites is 1. The summed E-state index contributed by atoms with van der Waals surface area (Å²) in [4.78, 5) is 26.5. The molecule has 160 valence electrons. The van der Waals surface area contributed by atoms with Gasteiger partial charge in [0, 0.05) is 34.1 Å². The molecule has 4 rings (SSSR count). The first kappa shape index (κ1) is 21.1. The van der Waals surface area contributed by atoms with Gasteiger partial charge in [0.1, 0.15) is 0 Å². The van der Waals surface area contributed by atoms with Crippen molar-refractivity contribution in [3.63, 3.8) is 0 Å². The van der Waals surface area contributed by atoms with Crippen LogP contribution in [0.4, 0.5) is 0 Å². The molecule has 0 fully saturated rings. The van der Waals surface area contributed by atoms with Crippen LogP contribution in [-0.4, -0.2) is 22.9 Å². The first-order valence-corrected chi connectivity index (χ1v) is 10.9. The highest BCUT2D eigenvalue weighted by molar-refractivity contribution is 6.13. The van der Waals surface area contributed by atoms with E-state index < -0.39 is 5.41 Å². The summed E-state index contributed by atoms with van der Waals surface area (Å²) in [6.45, 7) is 8.80. The van der Waals surface area contributed by atoms with Gasteiger partial charge < -0.3 is 9.30 Å². The lowest BCUT2D eigenvalue weighted by Crippen LogP contribution is -2.39. The molecule has 0 bridgehead atoms. The van der Waals surface area contributed by atoms with Crippen LogP contribution in [0.3, 0.4) is 0 Å². The molecule has 1 aromatic heterocycles. The van der Waals surface area contributed by atoms with Crippen LogP contribution in [0.5, 0.6) is 0 Å². The third-order valence-corrected chi connectivity index (χ3v) is 6.24. The van der Waals surface area contributed by atoms with Crippen LogP contribution in [0, 0.1) is 5.41 Å². The minimum Gasteiger partial charge on any atom is -0.466 e. The highest BCUT2D eigenvalue weighted by Crippen LogP contribution is 2.46. The van der Waals surface area contributed by atoms with Gasteiger partial charge in [0.05, 0.1) is 13.0 Å². The lowest BCUT2D eigenvalue weighted by atomic mass is 9.66. The van der Waals surface area contributed by atoms with Crippen LogP contribution in [-0.2, 0) is 22.5 Å². The van der Waals surface area contributed by atoms with E-state index in [0.29, 0.717) is 19.4 Å². The Bertz CT molecular complexity index is 1140. The van der Waals surface area contributed by atoms with Gasteiger partial charge in [-0.2, -0.15) is 0 Å². The van der Waals surface area contributed by atoms with E-state index in [1.807, 2.05) is 43.3 Å². The molecule has 0 amide bonds. The van der Waals surface area contributed by atoms with Gasteiger partial charge in [-0.05, 0) is 44.7 Å². The monoisotopic (exact) mass is 415 g/mol. The molecule has 0 spiro atoms. The molecular weight excluding hydrogens is 386 g/mol. The predicted molar refractivity (Wildman–Crippen MR) is 123 cm³/mol. The molecule has 1 aliphatic rings. The van der Waals surface area contributed by atoms with E-state index in [1.165, 1.54) is 5.56 Å². The fraction of sp³-hybridized carbons (Fsp3) is 0.333. The Kier molecular flexibility index (Phi) is 5.81. The fourth-order valence-electron chi connectivity index (χ4n) is 5.02. The van der Waals surface area contributed by atoms with Crippen molar-refractivity contribution in [2.45, 2.75) is 46.1 Å². The molecule has 1 unspecified atom stereocenters. The van der Waals surface area contributed by atoms with Crippen LogP contribution in [0.2, 0.25) is 0 Å². The molecule has 4 nitrogen and oxygen atoms in total. The van der Waals surface area contributed by atoms with Gasteiger partial charge in [-0.3, -0.25) is 9.59 Å². The Balaban J connectivity index is 1.83. The number of ether oxygens (including phenoxy) is 1. The molecule has 0 aliphatic heterocycles. The molecule has 0 N–H and O–H groups in total. The van der Waals surface area contributed by atoms with Crippen molar-refractivity contribution in [2.75, 3.05) is 6.61 Å². The van der Waals surface area contributed by atoms with E-state index in [4.69, 9.17) is 4.74 Å². The van der Waals surface area contributed by atoms with Gasteiger partial charge in [-0.15, -0.1) is 6.58 Å². The summed E-state index contributed by atoms with van der Waals surface area (Å²) in [6, 6.07) is 18.4. The maximum atomic E-state index is 14.0. The number of benzene rings is 2. The van der Waals surface area contributed by atoms with Crippen LogP contribution >= 0.6 is 0 Å². The first-order chi connectivity index (χ1) is 14.9. The second kappa shape index (κ2) is 8.54. The van der Waals surface area contributed by atoms with Crippen LogP contribution < -0.4 is 0 Å². The number of Topliss-reactive ketones (excluding diaryl/α,β-unsaturated/α-hetero) is 1. The minimum atomic E-state index is -0.785. The van der Waals surface area contributed by atoms with Crippen LogP contribution in [0.15, 0.2) is 66.7 Å². The van der Waals surface area contributed by atoms with Crippen LogP contribution in [0.25, 0.3) is 10.9 Å². The topological polar surface area (TPSA) is 48.3 Å². The van der Waals surface area contributed by atoms with Crippen molar-refractivity contribution in [2.24, 2.45) is 5.41 Å². The van der Waals surface area contributed by atoms with E-state index in [2.05, 4.69) is 29.3 Å². The summed E-state index contributed by atoms with van der Waals surface area (Å²) in [5.74, 6) is -0.263. The van der Waals surface area contributed by atoms with E-state index in [0.717, 1.165) is 40.7 Å². The quantitative estimate of drug-likeness (QED) is 0.366. The molecule has 0 saturated heterocycles. The third kappa shape index (κ3) is 3.95. The van der Waals surface area contributed by atoms with E-state index in [1.54, 1.807) is 6.92 Å².